The van der Waals surface area contributed by atoms with Crippen molar-refractivity contribution in [2.24, 2.45) is 0 Å². The Morgan fingerprint density at radius 2 is 1.43 bits per heavy atom. The van der Waals surface area contributed by atoms with Crippen LogP contribution in [0.15, 0.2) is 12.2 Å². The molecular formula is C10H20MoO16S. The summed E-state index contributed by atoms with van der Waals surface area (Å²) < 4.78 is 56.1. The Hall–Kier alpha value is -1.40. The van der Waals surface area contributed by atoms with E-state index in [1.54, 1.807) is 0 Å². The van der Waals surface area contributed by atoms with Crippen LogP contribution < -0.4 is 0 Å². The topological polar surface area (TPSA) is 294 Å². The summed E-state index contributed by atoms with van der Waals surface area (Å²) in [6, 6.07) is 0. The molecule has 0 aliphatic rings. The zero-order valence-electron chi connectivity index (χ0n) is 13.9. The normalized spacial score (nSPS) is 15.4. The van der Waals surface area contributed by atoms with Gasteiger partial charge in [0, 0.05) is 5.57 Å². The average molecular weight is 524 g/mol. The molecule has 0 fully saturated rings. The van der Waals surface area contributed by atoms with Crippen LogP contribution in [0.4, 0.5) is 0 Å². The van der Waals surface area contributed by atoms with Gasteiger partial charge >= 0.3 is 65.4 Å². The van der Waals surface area contributed by atoms with E-state index in [4.69, 9.17) is 44.1 Å². The van der Waals surface area contributed by atoms with Crippen LogP contribution in [-0.2, 0) is 46.4 Å². The van der Waals surface area contributed by atoms with Crippen molar-refractivity contribution >= 4 is 22.3 Å². The zero-order chi connectivity index (χ0) is 23.5. The molecule has 0 radical (unpaired) electrons. The summed E-state index contributed by atoms with van der Waals surface area (Å²) in [7, 11) is -5.07. The van der Waals surface area contributed by atoms with E-state index in [9.17, 15) is 24.8 Å². The van der Waals surface area contributed by atoms with E-state index < -0.39 is 70.1 Å². The van der Waals surface area contributed by atoms with E-state index in [1.807, 2.05) is 0 Å². The summed E-state index contributed by atoms with van der Waals surface area (Å²) in [4.78, 5) is 19.7. The molecule has 0 heterocycles. The monoisotopic (exact) mass is 526 g/mol. The fraction of sp³-hybridized carbons (Fsp3) is 0.600. The van der Waals surface area contributed by atoms with Crippen molar-refractivity contribution in [3.8, 4) is 0 Å². The summed E-state index contributed by atoms with van der Waals surface area (Å²) in [5, 5.41) is 59.7. The minimum absolute atomic E-state index is 0.176. The van der Waals surface area contributed by atoms with Gasteiger partial charge in [-0.25, -0.2) is 9.59 Å². The molecule has 0 rings (SSSR count). The second kappa shape index (κ2) is 13.7. The van der Waals surface area contributed by atoms with Crippen molar-refractivity contribution in [2.75, 3.05) is 6.61 Å². The molecule has 168 valence electrons. The fourth-order valence-corrected chi connectivity index (χ4v) is 2.60. The quantitative estimate of drug-likeness (QED) is 0.0823. The second-order valence-corrected chi connectivity index (χ2v) is 8.62. The number of rotatable bonds is 8. The number of hydrogen-bond acceptors (Lipinski definition) is 12. The Kier molecular flexibility index (Phi) is 15.3. The third kappa shape index (κ3) is 19.4. The molecule has 0 amide bonds. The number of carboxylic acid groups (broad SMARTS) is 2. The first-order chi connectivity index (χ1) is 12.3. The van der Waals surface area contributed by atoms with Crippen molar-refractivity contribution in [3.63, 3.8) is 0 Å². The predicted octanol–water partition coefficient (Wildman–Crippen LogP) is -4.37. The Bertz CT molecular complexity index is 670. The van der Waals surface area contributed by atoms with Crippen LogP contribution in [0.5, 0.6) is 0 Å². The molecule has 0 aromatic heterocycles. The van der Waals surface area contributed by atoms with Crippen molar-refractivity contribution in [1.29, 1.82) is 0 Å². The van der Waals surface area contributed by atoms with Gasteiger partial charge in [0.05, 0.1) is 6.61 Å². The van der Waals surface area contributed by atoms with Gasteiger partial charge in [0.1, 0.15) is 18.3 Å². The standard InChI is InChI=1S/C6H12O7.C4H6O2.Mo.H2O4S.H2O.2O/c7-1-2(8)3(9)4(10)5(11)6(12)13;1-3(2)4(5)6;;1-5(2,3)4;;;/h2-5,7-11H,1H2,(H,12,13);1H2,2H3,(H,5,6);;(H2,1,2,3,4);1H2;;/q;;+2;;;;/p-2/t2-,3-,4+,5-;;;;;;/m1....../s1. The van der Waals surface area contributed by atoms with Gasteiger partial charge in [-0.05, 0) is 6.92 Å². The molecule has 18 heteroatoms. The summed E-state index contributed by atoms with van der Waals surface area (Å²) in [5.41, 5.74) is 0.176. The molecule has 0 saturated carbocycles. The Morgan fingerprint density at radius 3 is 1.57 bits per heavy atom. The molecule has 4 atom stereocenters. The van der Waals surface area contributed by atoms with Crippen LogP contribution in [0.25, 0.3) is 0 Å². The molecule has 0 spiro atoms. The molecule has 0 bridgehead atoms. The fourth-order valence-electron chi connectivity index (χ4n) is 0.777. The van der Waals surface area contributed by atoms with Gasteiger partial charge in [0.2, 0.25) is 0 Å². The summed E-state index contributed by atoms with van der Waals surface area (Å²) in [6.07, 6.45) is -7.84. The number of hydrogen-bond donors (Lipinski definition) is 9. The molecule has 0 unspecified atom stereocenters. The first-order valence-electron chi connectivity index (χ1n) is 6.37. The van der Waals surface area contributed by atoms with E-state index >= 15 is 0 Å². The van der Waals surface area contributed by atoms with Crippen molar-refractivity contribution in [2.45, 2.75) is 31.3 Å². The van der Waals surface area contributed by atoms with Crippen LogP contribution in [-0.4, -0.2) is 95.4 Å². The van der Waals surface area contributed by atoms with Crippen LogP contribution in [0.3, 0.4) is 0 Å². The molecule has 0 aliphatic carbocycles. The van der Waals surface area contributed by atoms with Gasteiger partial charge in [-0.2, -0.15) is 0 Å². The average Bonchev–Trinajstić information content (AvgIpc) is 2.49. The second-order valence-electron chi connectivity index (χ2n) is 4.52. The first-order valence-corrected chi connectivity index (χ1v) is 11.1. The van der Waals surface area contributed by atoms with E-state index in [2.05, 4.69) is 9.42 Å². The first kappa shape index (κ1) is 31.3. The van der Waals surface area contributed by atoms with Gasteiger partial charge in [-0.1, -0.05) is 6.58 Å². The predicted molar refractivity (Wildman–Crippen MR) is 77.4 cm³/mol. The van der Waals surface area contributed by atoms with E-state index in [0.29, 0.717) is 0 Å². The van der Waals surface area contributed by atoms with E-state index in [-0.39, 0.29) is 5.57 Å². The van der Waals surface area contributed by atoms with Crippen LogP contribution >= 0.6 is 0 Å². The van der Waals surface area contributed by atoms with Gasteiger partial charge in [0.15, 0.2) is 6.10 Å². The maximum atomic E-state index is 10.1. The summed E-state index contributed by atoms with van der Waals surface area (Å²) in [5.74, 6) is -2.66. The van der Waals surface area contributed by atoms with Crippen LogP contribution in [0, 0.1) is 0 Å². The minimum atomic E-state index is -6.10. The molecule has 0 saturated heterocycles. The molecule has 16 nitrogen and oxygen atoms in total. The van der Waals surface area contributed by atoms with Crippen molar-refractivity contribution in [1.82, 2.24) is 0 Å². The number of aliphatic carboxylic acids is 2. The molecule has 0 aromatic rings. The third-order valence-corrected chi connectivity index (χ3v) is 4.92. The molecule has 0 aromatic carbocycles. The van der Waals surface area contributed by atoms with Crippen LogP contribution in [0.2, 0.25) is 0 Å². The number of aliphatic hydroxyl groups excluding tert-OH is 5. The third-order valence-electron chi connectivity index (χ3n) is 2.04. The molecule has 9 N–H and O–H groups in total. The Morgan fingerprint density at radius 1 is 1.07 bits per heavy atom. The zero-order valence-corrected chi connectivity index (χ0v) is 16.7. The van der Waals surface area contributed by atoms with Gasteiger partial charge < -0.3 is 35.7 Å². The van der Waals surface area contributed by atoms with Crippen LogP contribution in [0.1, 0.15) is 6.92 Å². The van der Waals surface area contributed by atoms with Gasteiger partial charge in [0.25, 0.3) is 0 Å². The Balaban J connectivity index is -0.000000362. The SMILES string of the molecule is C=C(C)C(=O)O.O=C(O)[C@H](O)[C@@H](O)[C@H](O)[C@H](O)CO.O=S(=O)(O)[O][Mo](=[O])(=[O])[OH]. The maximum absolute atomic E-state index is 10.1. The van der Waals surface area contributed by atoms with Crippen molar-refractivity contribution in [3.05, 3.63) is 12.2 Å². The number of aliphatic hydroxyl groups is 5. The molecular weight excluding hydrogens is 504 g/mol. The number of carboxylic acids is 2. The molecule has 0 aliphatic heterocycles. The summed E-state index contributed by atoms with van der Waals surface area (Å²) in [6.45, 7) is 3.76. The van der Waals surface area contributed by atoms with Gasteiger partial charge in [-0.15, -0.1) is 0 Å². The Labute approximate surface area is 161 Å². The molecule has 28 heavy (non-hydrogen) atoms. The van der Waals surface area contributed by atoms with Gasteiger partial charge in [-0.3, -0.25) is 0 Å². The number of carbonyl (C=O) groups is 2. The van der Waals surface area contributed by atoms with Crippen molar-refractivity contribution < 1.29 is 88.4 Å². The summed E-state index contributed by atoms with van der Waals surface area (Å²) >= 11 is -6.10. The van der Waals surface area contributed by atoms with E-state index in [1.165, 1.54) is 6.92 Å². The van der Waals surface area contributed by atoms with E-state index in [0.717, 1.165) is 0 Å².